The molecule has 1 unspecified atom stereocenters. The zero-order valence-electron chi connectivity index (χ0n) is 13.8. The van der Waals surface area contributed by atoms with Gasteiger partial charge >= 0.3 is 0 Å². The molecule has 1 fully saturated rings. The molecular formula is C18H21NO4S. The van der Waals surface area contributed by atoms with Gasteiger partial charge in [-0.1, -0.05) is 12.1 Å². The van der Waals surface area contributed by atoms with Crippen molar-refractivity contribution in [1.82, 2.24) is 5.32 Å². The average molecular weight is 347 g/mol. The lowest BCUT2D eigenvalue weighted by atomic mass is 10.00. The molecule has 0 radical (unpaired) electrons. The number of methoxy groups -OCH3 is 1. The van der Waals surface area contributed by atoms with Gasteiger partial charge in [-0.2, -0.15) is 0 Å². The van der Waals surface area contributed by atoms with Gasteiger partial charge in [-0.25, -0.2) is 0 Å². The number of nitrogens with one attached hydrogen (secondary N) is 1. The average Bonchev–Trinajstić information content (AvgIpc) is 3.22. The van der Waals surface area contributed by atoms with Crippen LogP contribution in [0.15, 0.2) is 30.3 Å². The number of hydrogen-bond acceptors (Lipinski definition) is 5. The van der Waals surface area contributed by atoms with E-state index in [9.17, 15) is 9.90 Å². The molecule has 0 bridgehead atoms. The van der Waals surface area contributed by atoms with Crippen LogP contribution in [0.2, 0.25) is 0 Å². The summed E-state index contributed by atoms with van der Waals surface area (Å²) in [5.74, 6) is 0.637. The van der Waals surface area contributed by atoms with Crippen LogP contribution in [0.1, 0.15) is 21.0 Å². The molecular weight excluding hydrogens is 326 g/mol. The van der Waals surface area contributed by atoms with Gasteiger partial charge in [0.15, 0.2) is 0 Å². The summed E-state index contributed by atoms with van der Waals surface area (Å²) in [6.45, 7) is 2.79. The quantitative estimate of drug-likeness (QED) is 0.872. The first-order valence-electron chi connectivity index (χ1n) is 7.83. The molecule has 0 aliphatic carbocycles. The second-order valence-corrected chi connectivity index (χ2v) is 7.26. The zero-order valence-corrected chi connectivity index (χ0v) is 14.6. The fourth-order valence-electron chi connectivity index (χ4n) is 2.82. The number of carbonyl (C=O) groups excluding carboxylic acids is 1. The molecule has 5 nitrogen and oxygen atoms in total. The second-order valence-electron chi connectivity index (χ2n) is 6.00. The SMILES string of the molecule is COc1ccc(-c2cc(C(=O)NC3(CO)CCOC3)sc2C)cc1. The van der Waals surface area contributed by atoms with Crippen molar-refractivity contribution in [2.45, 2.75) is 18.9 Å². The zero-order chi connectivity index (χ0) is 17.2. The molecule has 1 atom stereocenters. The highest BCUT2D eigenvalue weighted by Gasteiger charge is 2.36. The van der Waals surface area contributed by atoms with Crippen LogP contribution in [0.3, 0.4) is 0 Å². The summed E-state index contributed by atoms with van der Waals surface area (Å²) >= 11 is 1.45. The van der Waals surface area contributed by atoms with Crippen LogP contribution in [-0.2, 0) is 4.74 Å². The number of benzene rings is 1. The molecule has 2 heterocycles. The molecule has 1 aromatic heterocycles. The van der Waals surface area contributed by atoms with Crippen molar-refractivity contribution in [1.29, 1.82) is 0 Å². The summed E-state index contributed by atoms with van der Waals surface area (Å²) < 4.78 is 10.5. The first kappa shape index (κ1) is 17.0. The van der Waals surface area contributed by atoms with E-state index in [0.29, 0.717) is 24.5 Å². The predicted octanol–water partition coefficient (Wildman–Crippen LogP) is 2.61. The largest absolute Gasteiger partial charge is 0.497 e. The van der Waals surface area contributed by atoms with Crippen LogP contribution in [0, 0.1) is 6.92 Å². The Morgan fingerprint density at radius 3 is 2.75 bits per heavy atom. The smallest absolute Gasteiger partial charge is 0.261 e. The number of hydrogen-bond donors (Lipinski definition) is 2. The highest BCUT2D eigenvalue weighted by molar-refractivity contribution is 7.14. The number of thiophene rings is 1. The predicted molar refractivity (Wildman–Crippen MR) is 93.8 cm³/mol. The first-order chi connectivity index (χ1) is 11.6. The van der Waals surface area contributed by atoms with Crippen molar-refractivity contribution < 1.29 is 19.4 Å². The molecule has 2 aromatic rings. The fourth-order valence-corrected chi connectivity index (χ4v) is 3.76. The Labute approximate surface area is 145 Å². The molecule has 2 N–H and O–H groups in total. The Balaban J connectivity index is 1.81. The molecule has 0 saturated carbocycles. The molecule has 0 spiro atoms. The van der Waals surface area contributed by atoms with Crippen LogP contribution in [0.25, 0.3) is 11.1 Å². The molecule has 1 aromatic carbocycles. The van der Waals surface area contributed by atoms with E-state index in [4.69, 9.17) is 9.47 Å². The summed E-state index contributed by atoms with van der Waals surface area (Å²) in [6.07, 6.45) is 0.630. The topological polar surface area (TPSA) is 67.8 Å². The van der Waals surface area contributed by atoms with E-state index in [1.165, 1.54) is 11.3 Å². The third-order valence-electron chi connectivity index (χ3n) is 4.33. The van der Waals surface area contributed by atoms with Crippen molar-refractivity contribution >= 4 is 17.2 Å². The van der Waals surface area contributed by atoms with Gasteiger partial charge in [-0.3, -0.25) is 4.79 Å². The molecule has 3 rings (SSSR count). The number of ether oxygens (including phenoxy) is 2. The standard InChI is InChI=1S/C18H21NO4S/c1-12-15(13-3-5-14(22-2)6-4-13)9-16(24-12)17(21)19-18(10-20)7-8-23-11-18/h3-6,9,20H,7-8,10-11H2,1-2H3,(H,19,21). The summed E-state index contributed by atoms with van der Waals surface area (Å²) in [4.78, 5) is 14.3. The van der Waals surface area contributed by atoms with Gasteiger partial charge < -0.3 is 19.9 Å². The minimum Gasteiger partial charge on any atom is -0.497 e. The normalized spacial score (nSPS) is 20.1. The van der Waals surface area contributed by atoms with Crippen LogP contribution in [-0.4, -0.2) is 43.5 Å². The highest BCUT2D eigenvalue weighted by Crippen LogP contribution is 2.32. The molecule has 24 heavy (non-hydrogen) atoms. The van der Waals surface area contributed by atoms with Crippen molar-refractivity contribution in [2.24, 2.45) is 0 Å². The third-order valence-corrected chi connectivity index (χ3v) is 5.38. The van der Waals surface area contributed by atoms with E-state index in [1.54, 1.807) is 7.11 Å². The van der Waals surface area contributed by atoms with Gasteiger partial charge in [0.25, 0.3) is 5.91 Å². The summed E-state index contributed by atoms with van der Waals surface area (Å²) in [6, 6.07) is 9.68. The third kappa shape index (κ3) is 3.31. The van der Waals surface area contributed by atoms with E-state index in [0.717, 1.165) is 21.8 Å². The maximum absolute atomic E-state index is 12.6. The van der Waals surface area contributed by atoms with Crippen molar-refractivity contribution in [3.05, 3.63) is 40.1 Å². The number of aliphatic hydroxyl groups excluding tert-OH is 1. The molecule has 6 heteroatoms. The van der Waals surface area contributed by atoms with Gasteiger partial charge in [0.2, 0.25) is 0 Å². The van der Waals surface area contributed by atoms with Crippen molar-refractivity contribution in [3.8, 4) is 16.9 Å². The van der Waals surface area contributed by atoms with Gasteiger partial charge in [-0.15, -0.1) is 11.3 Å². The molecule has 128 valence electrons. The van der Waals surface area contributed by atoms with E-state index in [-0.39, 0.29) is 12.5 Å². The maximum atomic E-state index is 12.6. The minimum absolute atomic E-state index is 0.117. The molecule has 1 aliphatic heterocycles. The molecule has 1 amide bonds. The highest BCUT2D eigenvalue weighted by atomic mass is 32.1. The molecule has 1 saturated heterocycles. The number of carbonyl (C=O) groups is 1. The number of aliphatic hydroxyl groups is 1. The number of amides is 1. The minimum atomic E-state index is -0.657. The van der Waals surface area contributed by atoms with Crippen LogP contribution >= 0.6 is 11.3 Å². The van der Waals surface area contributed by atoms with Crippen molar-refractivity contribution in [3.63, 3.8) is 0 Å². The lowest BCUT2D eigenvalue weighted by Gasteiger charge is -2.25. The van der Waals surface area contributed by atoms with Gasteiger partial charge in [0.05, 0.1) is 30.7 Å². The van der Waals surface area contributed by atoms with E-state index < -0.39 is 5.54 Å². The Hall–Kier alpha value is -1.89. The Bertz CT molecular complexity index is 717. The second kappa shape index (κ2) is 6.93. The van der Waals surface area contributed by atoms with Crippen LogP contribution < -0.4 is 10.1 Å². The van der Waals surface area contributed by atoms with Gasteiger partial charge in [-0.05, 0) is 42.7 Å². The van der Waals surface area contributed by atoms with E-state index in [2.05, 4.69) is 5.32 Å². The van der Waals surface area contributed by atoms with E-state index >= 15 is 0 Å². The van der Waals surface area contributed by atoms with Gasteiger partial charge in [0.1, 0.15) is 5.75 Å². The monoisotopic (exact) mass is 347 g/mol. The summed E-state index contributed by atoms with van der Waals surface area (Å²) in [5, 5.41) is 12.5. The molecule has 1 aliphatic rings. The fraction of sp³-hybridized carbons (Fsp3) is 0.389. The number of aryl methyl sites for hydroxylation is 1. The van der Waals surface area contributed by atoms with Crippen LogP contribution in [0.4, 0.5) is 0 Å². The Morgan fingerprint density at radius 1 is 1.42 bits per heavy atom. The maximum Gasteiger partial charge on any atom is 0.261 e. The lowest BCUT2D eigenvalue weighted by Crippen LogP contribution is -2.51. The summed E-state index contributed by atoms with van der Waals surface area (Å²) in [5.41, 5.74) is 1.42. The Morgan fingerprint density at radius 2 is 2.17 bits per heavy atom. The Kier molecular flexibility index (Phi) is 4.89. The van der Waals surface area contributed by atoms with Crippen molar-refractivity contribution in [2.75, 3.05) is 26.9 Å². The number of rotatable bonds is 5. The summed E-state index contributed by atoms with van der Waals surface area (Å²) in [7, 11) is 1.64. The lowest BCUT2D eigenvalue weighted by molar-refractivity contribution is 0.0793. The van der Waals surface area contributed by atoms with Crippen LogP contribution in [0.5, 0.6) is 5.75 Å². The van der Waals surface area contributed by atoms with Gasteiger partial charge in [0, 0.05) is 11.5 Å². The first-order valence-corrected chi connectivity index (χ1v) is 8.64. The van der Waals surface area contributed by atoms with E-state index in [1.807, 2.05) is 37.3 Å².